The first-order chi connectivity index (χ1) is 9.10. The van der Waals surface area contributed by atoms with Gasteiger partial charge in [0.1, 0.15) is 11.5 Å². The molecule has 2 aromatic heterocycles. The molecular weight excluding hydrogens is 244 g/mol. The maximum atomic E-state index is 11.9. The predicted octanol–water partition coefficient (Wildman–Crippen LogP) is 0.285. The maximum absolute atomic E-state index is 11.9. The number of carbonyl (C=O) groups is 1. The van der Waals surface area contributed by atoms with Crippen molar-refractivity contribution in [2.24, 2.45) is 7.05 Å². The quantitative estimate of drug-likeness (QED) is 0.823. The molecule has 100 valence electrons. The molecule has 0 aliphatic heterocycles. The van der Waals surface area contributed by atoms with Gasteiger partial charge in [-0.05, 0) is 6.42 Å². The summed E-state index contributed by atoms with van der Waals surface area (Å²) in [5.41, 5.74) is 7.66. The molecule has 7 heteroatoms. The van der Waals surface area contributed by atoms with Crippen LogP contribution < -0.4 is 11.1 Å². The van der Waals surface area contributed by atoms with Gasteiger partial charge in [0.15, 0.2) is 0 Å². The van der Waals surface area contributed by atoms with Crippen molar-refractivity contribution in [1.82, 2.24) is 25.1 Å². The molecule has 0 aromatic carbocycles. The summed E-state index contributed by atoms with van der Waals surface area (Å²) in [6.07, 6.45) is 5.50. The van der Waals surface area contributed by atoms with Gasteiger partial charge in [0, 0.05) is 25.4 Å². The van der Waals surface area contributed by atoms with Gasteiger partial charge in [0.2, 0.25) is 0 Å². The number of aryl methyl sites for hydroxylation is 2. The summed E-state index contributed by atoms with van der Waals surface area (Å²) in [7, 11) is 1.86. The summed E-state index contributed by atoms with van der Waals surface area (Å²) in [5, 5.41) is 7.09. The standard InChI is InChI=1S/C12H16N6O/c1-3-9-8(7-18(2)17-9)4-15-12(19)10-5-14-6-11(13)16-10/h5-7H,3-4H2,1-2H3,(H2,13,16)(H,15,19). The molecule has 0 atom stereocenters. The van der Waals surface area contributed by atoms with Crippen molar-refractivity contribution < 1.29 is 4.79 Å². The topological polar surface area (TPSA) is 98.7 Å². The van der Waals surface area contributed by atoms with Gasteiger partial charge >= 0.3 is 0 Å². The molecule has 0 bridgehead atoms. The highest BCUT2D eigenvalue weighted by molar-refractivity contribution is 5.92. The molecule has 2 rings (SSSR count). The number of aromatic nitrogens is 4. The summed E-state index contributed by atoms with van der Waals surface area (Å²) < 4.78 is 1.74. The smallest absolute Gasteiger partial charge is 0.271 e. The molecule has 0 saturated heterocycles. The van der Waals surface area contributed by atoms with E-state index in [1.807, 2.05) is 20.2 Å². The highest BCUT2D eigenvalue weighted by atomic mass is 16.1. The fourth-order valence-corrected chi connectivity index (χ4v) is 1.79. The van der Waals surface area contributed by atoms with E-state index in [-0.39, 0.29) is 17.4 Å². The van der Waals surface area contributed by atoms with Crippen molar-refractivity contribution in [3.8, 4) is 0 Å². The Morgan fingerprint density at radius 1 is 1.47 bits per heavy atom. The molecule has 0 unspecified atom stereocenters. The number of nitrogens with two attached hydrogens (primary N) is 1. The second-order valence-electron chi connectivity index (χ2n) is 4.14. The number of rotatable bonds is 4. The first-order valence-electron chi connectivity index (χ1n) is 5.97. The average Bonchev–Trinajstić information content (AvgIpc) is 2.76. The number of anilines is 1. The minimum atomic E-state index is -0.300. The van der Waals surface area contributed by atoms with Crippen LogP contribution in [0.3, 0.4) is 0 Å². The molecule has 0 fully saturated rings. The first-order valence-corrected chi connectivity index (χ1v) is 5.97. The minimum Gasteiger partial charge on any atom is -0.382 e. The maximum Gasteiger partial charge on any atom is 0.271 e. The van der Waals surface area contributed by atoms with E-state index in [1.54, 1.807) is 4.68 Å². The summed E-state index contributed by atoms with van der Waals surface area (Å²) in [5.74, 6) is -0.0750. The highest BCUT2D eigenvalue weighted by Gasteiger charge is 2.10. The normalized spacial score (nSPS) is 10.4. The van der Waals surface area contributed by atoms with Crippen molar-refractivity contribution in [2.75, 3.05) is 5.73 Å². The van der Waals surface area contributed by atoms with Crippen molar-refractivity contribution in [3.05, 3.63) is 35.5 Å². The molecule has 3 N–H and O–H groups in total. The molecule has 7 nitrogen and oxygen atoms in total. The first kappa shape index (κ1) is 13.0. The van der Waals surface area contributed by atoms with Crippen molar-refractivity contribution >= 4 is 11.7 Å². The van der Waals surface area contributed by atoms with E-state index in [0.717, 1.165) is 17.7 Å². The molecule has 0 aliphatic rings. The van der Waals surface area contributed by atoms with Gasteiger partial charge in [-0.2, -0.15) is 5.10 Å². The Balaban J connectivity index is 2.04. The Morgan fingerprint density at radius 3 is 2.95 bits per heavy atom. The van der Waals surface area contributed by atoms with Crippen LogP contribution in [0.2, 0.25) is 0 Å². The molecular formula is C12H16N6O. The van der Waals surface area contributed by atoms with Gasteiger partial charge in [-0.1, -0.05) is 6.92 Å². The second kappa shape index (κ2) is 5.47. The lowest BCUT2D eigenvalue weighted by atomic mass is 10.2. The number of hydrogen-bond donors (Lipinski definition) is 2. The van der Waals surface area contributed by atoms with Crippen LogP contribution in [0.5, 0.6) is 0 Å². The summed E-state index contributed by atoms with van der Waals surface area (Å²) in [6, 6.07) is 0. The zero-order valence-corrected chi connectivity index (χ0v) is 10.9. The summed E-state index contributed by atoms with van der Waals surface area (Å²) >= 11 is 0. The van der Waals surface area contributed by atoms with E-state index in [1.165, 1.54) is 12.4 Å². The Hall–Kier alpha value is -2.44. The largest absolute Gasteiger partial charge is 0.382 e. The van der Waals surface area contributed by atoms with E-state index in [4.69, 9.17) is 5.73 Å². The van der Waals surface area contributed by atoms with Crippen LogP contribution in [0, 0.1) is 0 Å². The summed E-state index contributed by atoms with van der Waals surface area (Å²) in [4.78, 5) is 19.6. The molecule has 0 spiro atoms. The van der Waals surface area contributed by atoms with Crippen LogP contribution in [0.4, 0.5) is 5.82 Å². The van der Waals surface area contributed by atoms with Gasteiger partial charge in [-0.25, -0.2) is 4.98 Å². The average molecular weight is 260 g/mol. The molecule has 0 radical (unpaired) electrons. The number of amides is 1. The third-order valence-corrected chi connectivity index (χ3v) is 2.65. The van der Waals surface area contributed by atoms with Crippen LogP contribution in [0.25, 0.3) is 0 Å². The number of hydrogen-bond acceptors (Lipinski definition) is 5. The molecule has 2 aromatic rings. The number of nitrogen functional groups attached to an aromatic ring is 1. The van der Waals surface area contributed by atoms with E-state index in [2.05, 4.69) is 20.4 Å². The monoisotopic (exact) mass is 260 g/mol. The highest BCUT2D eigenvalue weighted by Crippen LogP contribution is 2.07. The number of nitrogens with zero attached hydrogens (tertiary/aromatic N) is 4. The molecule has 1 amide bonds. The lowest BCUT2D eigenvalue weighted by molar-refractivity contribution is 0.0945. The Bertz CT molecular complexity index is 592. The Morgan fingerprint density at radius 2 is 2.26 bits per heavy atom. The van der Waals surface area contributed by atoms with Crippen LogP contribution in [-0.2, 0) is 20.0 Å². The third-order valence-electron chi connectivity index (χ3n) is 2.65. The Labute approximate surface area is 110 Å². The van der Waals surface area contributed by atoms with Crippen LogP contribution in [0.1, 0.15) is 28.7 Å². The van der Waals surface area contributed by atoms with Crippen LogP contribution in [0.15, 0.2) is 18.6 Å². The van der Waals surface area contributed by atoms with Gasteiger partial charge in [0.05, 0.1) is 18.1 Å². The third kappa shape index (κ3) is 3.06. The molecule has 19 heavy (non-hydrogen) atoms. The SMILES string of the molecule is CCc1nn(C)cc1CNC(=O)c1cncc(N)n1. The number of carbonyl (C=O) groups excluding carboxylic acids is 1. The van der Waals surface area contributed by atoms with E-state index < -0.39 is 0 Å². The molecule has 0 aliphatic carbocycles. The van der Waals surface area contributed by atoms with Crippen molar-refractivity contribution in [2.45, 2.75) is 19.9 Å². The summed E-state index contributed by atoms with van der Waals surface area (Å²) in [6.45, 7) is 2.43. The van der Waals surface area contributed by atoms with Crippen LogP contribution in [-0.4, -0.2) is 25.7 Å². The lowest BCUT2D eigenvalue weighted by Crippen LogP contribution is -2.24. The van der Waals surface area contributed by atoms with Crippen molar-refractivity contribution in [3.63, 3.8) is 0 Å². The van der Waals surface area contributed by atoms with E-state index in [9.17, 15) is 4.79 Å². The zero-order chi connectivity index (χ0) is 13.8. The van der Waals surface area contributed by atoms with E-state index >= 15 is 0 Å². The van der Waals surface area contributed by atoms with Gasteiger partial charge < -0.3 is 11.1 Å². The minimum absolute atomic E-state index is 0.210. The predicted molar refractivity (Wildman–Crippen MR) is 70.2 cm³/mol. The fraction of sp³-hybridized carbons (Fsp3) is 0.333. The molecule has 2 heterocycles. The second-order valence-corrected chi connectivity index (χ2v) is 4.14. The Kier molecular flexibility index (Phi) is 3.74. The van der Waals surface area contributed by atoms with E-state index in [0.29, 0.717) is 6.54 Å². The fourth-order valence-electron chi connectivity index (χ4n) is 1.79. The van der Waals surface area contributed by atoms with Gasteiger partial charge in [0.25, 0.3) is 5.91 Å². The van der Waals surface area contributed by atoms with Gasteiger partial charge in [-0.15, -0.1) is 0 Å². The van der Waals surface area contributed by atoms with Crippen molar-refractivity contribution in [1.29, 1.82) is 0 Å². The zero-order valence-electron chi connectivity index (χ0n) is 10.9. The lowest BCUT2D eigenvalue weighted by Gasteiger charge is -2.04. The number of nitrogens with one attached hydrogen (secondary N) is 1. The van der Waals surface area contributed by atoms with Crippen LogP contribution >= 0.6 is 0 Å². The van der Waals surface area contributed by atoms with Gasteiger partial charge in [-0.3, -0.25) is 14.5 Å². The molecule has 0 saturated carbocycles.